The summed E-state index contributed by atoms with van der Waals surface area (Å²) >= 11 is 0. The zero-order valence-electron chi connectivity index (χ0n) is 19.9. The molecule has 8 nitrogen and oxygen atoms in total. The third kappa shape index (κ3) is 4.36. The highest BCUT2D eigenvalue weighted by molar-refractivity contribution is 6.08. The lowest BCUT2D eigenvalue weighted by Gasteiger charge is -2.27. The molecule has 5 rings (SSSR count). The van der Waals surface area contributed by atoms with Crippen LogP contribution >= 0.6 is 0 Å². The summed E-state index contributed by atoms with van der Waals surface area (Å²) in [6.07, 6.45) is 8.92. The summed E-state index contributed by atoms with van der Waals surface area (Å²) in [4.78, 5) is 49.5. The summed E-state index contributed by atoms with van der Waals surface area (Å²) in [6, 6.07) is 10.8. The first-order valence-corrected chi connectivity index (χ1v) is 12.1. The Morgan fingerprint density at radius 3 is 2.40 bits per heavy atom. The third-order valence-corrected chi connectivity index (χ3v) is 6.83. The molecule has 0 spiro atoms. The highest BCUT2D eigenvalue weighted by Crippen LogP contribution is 2.37. The van der Waals surface area contributed by atoms with Crippen molar-refractivity contribution in [3.8, 4) is 5.82 Å². The van der Waals surface area contributed by atoms with Crippen molar-refractivity contribution in [2.24, 2.45) is 17.8 Å². The second-order valence-corrected chi connectivity index (χ2v) is 9.69. The van der Waals surface area contributed by atoms with Gasteiger partial charge in [0.15, 0.2) is 0 Å². The van der Waals surface area contributed by atoms with Gasteiger partial charge < -0.3 is 5.32 Å². The monoisotopic (exact) mass is 471 g/mol. The topological polar surface area (TPSA) is 97.2 Å². The Hall–Kier alpha value is -3.81. The van der Waals surface area contributed by atoms with Crippen LogP contribution in [0.3, 0.4) is 0 Å². The number of aromatic nitrogens is 3. The fraction of sp³-hybridized carbons (Fsp3) is 0.370. The van der Waals surface area contributed by atoms with Gasteiger partial charge in [-0.05, 0) is 48.9 Å². The zero-order valence-corrected chi connectivity index (χ0v) is 19.9. The second kappa shape index (κ2) is 9.44. The molecule has 8 heteroatoms. The lowest BCUT2D eigenvalue weighted by Crippen LogP contribution is -2.50. The van der Waals surface area contributed by atoms with Gasteiger partial charge in [-0.2, -0.15) is 0 Å². The number of imidazole rings is 1. The Bertz CT molecular complexity index is 1270. The van der Waals surface area contributed by atoms with Crippen molar-refractivity contribution in [2.45, 2.75) is 45.7 Å². The fourth-order valence-corrected chi connectivity index (χ4v) is 5.02. The second-order valence-electron chi connectivity index (χ2n) is 9.69. The number of para-hydroxylation sites is 2. The molecule has 1 aliphatic heterocycles. The molecule has 35 heavy (non-hydrogen) atoms. The van der Waals surface area contributed by atoms with Crippen molar-refractivity contribution < 1.29 is 14.4 Å². The first-order chi connectivity index (χ1) is 16.9. The van der Waals surface area contributed by atoms with Gasteiger partial charge >= 0.3 is 0 Å². The molecular formula is C27H29N5O3. The van der Waals surface area contributed by atoms with E-state index in [-0.39, 0.29) is 42.0 Å². The van der Waals surface area contributed by atoms with Gasteiger partial charge in [-0.15, -0.1) is 0 Å². The minimum absolute atomic E-state index is 0.151. The van der Waals surface area contributed by atoms with Gasteiger partial charge in [0.2, 0.25) is 17.7 Å². The number of likely N-dealkylation sites (tertiary alicyclic amines) is 1. The number of amides is 3. The van der Waals surface area contributed by atoms with E-state index < -0.39 is 6.04 Å². The van der Waals surface area contributed by atoms with E-state index in [0.717, 1.165) is 22.4 Å². The molecule has 180 valence electrons. The summed E-state index contributed by atoms with van der Waals surface area (Å²) in [6.45, 7) is 4.24. The third-order valence-electron chi connectivity index (χ3n) is 6.83. The lowest BCUT2D eigenvalue weighted by molar-refractivity contribution is -0.148. The van der Waals surface area contributed by atoms with Crippen molar-refractivity contribution in [3.63, 3.8) is 0 Å². The van der Waals surface area contributed by atoms with Crippen molar-refractivity contribution in [3.05, 3.63) is 66.6 Å². The molecule has 0 unspecified atom stereocenters. The van der Waals surface area contributed by atoms with Crippen LogP contribution < -0.4 is 5.32 Å². The highest BCUT2D eigenvalue weighted by Gasteiger charge is 2.51. The quantitative estimate of drug-likeness (QED) is 0.421. The number of fused-ring (bicyclic) bond motifs is 2. The van der Waals surface area contributed by atoms with Gasteiger partial charge in [0.25, 0.3) is 0 Å². The van der Waals surface area contributed by atoms with Gasteiger partial charge in [0.1, 0.15) is 18.2 Å². The van der Waals surface area contributed by atoms with Crippen molar-refractivity contribution in [2.75, 3.05) is 0 Å². The molecule has 3 atom stereocenters. The first-order valence-electron chi connectivity index (χ1n) is 12.1. The molecule has 1 aliphatic carbocycles. The number of nitrogens with one attached hydrogen (secondary N) is 1. The maximum absolute atomic E-state index is 13.2. The number of rotatable bonds is 7. The molecule has 3 amide bonds. The number of hydrogen-bond acceptors (Lipinski definition) is 5. The smallest absolute Gasteiger partial charge is 0.243 e. The van der Waals surface area contributed by atoms with Gasteiger partial charge in [-0.1, -0.05) is 44.2 Å². The number of imide groups is 1. The van der Waals surface area contributed by atoms with Gasteiger partial charge in [-0.3, -0.25) is 23.9 Å². The maximum atomic E-state index is 13.2. The predicted molar refractivity (Wildman–Crippen MR) is 131 cm³/mol. The number of carbonyl (C=O) groups excluding carboxylic acids is 3. The van der Waals surface area contributed by atoms with Gasteiger partial charge in [-0.25, -0.2) is 9.97 Å². The maximum Gasteiger partial charge on any atom is 0.243 e. The predicted octanol–water partition coefficient (Wildman–Crippen LogP) is 3.40. The number of hydrogen-bond donors (Lipinski definition) is 1. The Morgan fingerprint density at radius 2 is 1.74 bits per heavy atom. The molecule has 1 N–H and O–H groups in total. The van der Waals surface area contributed by atoms with Gasteiger partial charge in [0.05, 0.1) is 22.9 Å². The van der Waals surface area contributed by atoms with Crippen LogP contribution in [-0.4, -0.2) is 43.2 Å². The molecule has 0 bridgehead atoms. The average molecular weight is 472 g/mol. The standard InChI is InChI=1S/C27H29N5O3/c1-17(2)13-23(32-26(34)19-7-3-4-8-20(19)27(32)35)25(33)29-15-18-11-12-24(28-14-18)31-16-30-21-9-5-6-10-22(21)31/h3-6,9-12,14,16-17,19-20,23H,7-8,13,15H2,1-2H3,(H,29,33)/t19-,20+,23-/m0/s1. The van der Waals surface area contributed by atoms with E-state index in [1.165, 1.54) is 4.90 Å². The Kier molecular flexibility index (Phi) is 6.19. The molecule has 2 aromatic heterocycles. The minimum Gasteiger partial charge on any atom is -0.350 e. The number of nitrogens with zero attached hydrogens (tertiary/aromatic N) is 4. The number of pyridine rings is 1. The largest absolute Gasteiger partial charge is 0.350 e. The molecule has 0 saturated carbocycles. The SMILES string of the molecule is CC(C)C[C@@H](C(=O)NCc1ccc(-n2cnc3ccccc32)nc1)N1C(=O)[C@H]2CC=CC[C@H]2C1=O. The van der Waals surface area contributed by atoms with Crippen LogP contribution in [0.5, 0.6) is 0 Å². The number of allylic oxidation sites excluding steroid dienone is 2. The summed E-state index contributed by atoms with van der Waals surface area (Å²) in [5.74, 6) is -0.546. The molecule has 2 aliphatic rings. The van der Waals surface area contributed by atoms with E-state index in [4.69, 9.17) is 0 Å². The summed E-state index contributed by atoms with van der Waals surface area (Å²) in [7, 11) is 0. The average Bonchev–Trinajstić information content (AvgIpc) is 3.41. The Labute approximate surface area is 204 Å². The summed E-state index contributed by atoms with van der Waals surface area (Å²) < 4.78 is 1.91. The number of benzene rings is 1. The van der Waals surface area contributed by atoms with Gasteiger partial charge in [0, 0.05) is 12.7 Å². The van der Waals surface area contributed by atoms with E-state index in [0.29, 0.717) is 19.3 Å². The Morgan fingerprint density at radius 1 is 1.03 bits per heavy atom. The van der Waals surface area contributed by atoms with Crippen LogP contribution in [0.4, 0.5) is 0 Å². The molecule has 0 radical (unpaired) electrons. The highest BCUT2D eigenvalue weighted by atomic mass is 16.2. The molecule has 1 fully saturated rings. The molecule has 1 aromatic carbocycles. The van der Waals surface area contributed by atoms with E-state index in [2.05, 4.69) is 15.3 Å². The van der Waals surface area contributed by atoms with Crippen LogP contribution in [0.1, 0.15) is 38.7 Å². The zero-order chi connectivity index (χ0) is 24.5. The number of carbonyl (C=O) groups is 3. The summed E-state index contributed by atoms with van der Waals surface area (Å²) in [5, 5.41) is 2.93. The molecule has 1 saturated heterocycles. The van der Waals surface area contributed by atoms with Crippen LogP contribution in [0.15, 0.2) is 61.1 Å². The van der Waals surface area contributed by atoms with Crippen molar-refractivity contribution >= 4 is 28.8 Å². The molecule has 3 heterocycles. The van der Waals surface area contributed by atoms with Crippen molar-refractivity contribution in [1.82, 2.24) is 24.8 Å². The summed E-state index contributed by atoms with van der Waals surface area (Å²) in [5.41, 5.74) is 2.68. The molecular weight excluding hydrogens is 442 g/mol. The van der Waals surface area contributed by atoms with Crippen LogP contribution in [0.25, 0.3) is 16.9 Å². The van der Waals surface area contributed by atoms with Crippen LogP contribution in [-0.2, 0) is 20.9 Å². The van der Waals surface area contributed by atoms with E-state index in [1.54, 1.807) is 12.5 Å². The molecule has 3 aromatic rings. The first kappa shape index (κ1) is 23.0. The van der Waals surface area contributed by atoms with Crippen LogP contribution in [0.2, 0.25) is 0 Å². The van der Waals surface area contributed by atoms with E-state index in [9.17, 15) is 14.4 Å². The Balaban J connectivity index is 1.28. The van der Waals surface area contributed by atoms with E-state index >= 15 is 0 Å². The minimum atomic E-state index is -0.801. The fourth-order valence-electron chi connectivity index (χ4n) is 5.02. The normalized spacial score (nSPS) is 20.5. The van der Waals surface area contributed by atoms with E-state index in [1.807, 2.05) is 67.0 Å². The van der Waals surface area contributed by atoms with Crippen LogP contribution in [0, 0.1) is 17.8 Å². The lowest BCUT2D eigenvalue weighted by atomic mass is 9.85. The van der Waals surface area contributed by atoms with Crippen molar-refractivity contribution in [1.29, 1.82) is 0 Å².